The molecule has 6 nitrogen and oxygen atoms in total. The van der Waals surface area contributed by atoms with E-state index in [-0.39, 0.29) is 17.2 Å². The predicted octanol–water partition coefficient (Wildman–Crippen LogP) is 4.20. The molecule has 2 heterocycles. The number of fused-ring (bicyclic) bond motifs is 2. The lowest BCUT2D eigenvalue weighted by atomic mass is 9.77. The Morgan fingerprint density at radius 1 is 1.24 bits per heavy atom. The third-order valence-corrected chi connectivity index (χ3v) is 5.56. The van der Waals surface area contributed by atoms with Gasteiger partial charge in [-0.3, -0.25) is 0 Å². The first-order valence-corrected chi connectivity index (χ1v) is 9.49. The average molecular weight is 406 g/mol. The lowest BCUT2D eigenvalue weighted by Crippen LogP contribution is -2.49. The third-order valence-electron chi connectivity index (χ3n) is 5.56. The van der Waals surface area contributed by atoms with E-state index in [4.69, 9.17) is 0 Å². The Hall–Kier alpha value is -2.84. The van der Waals surface area contributed by atoms with Gasteiger partial charge < -0.3 is 15.0 Å². The number of aryl methyl sites for hydroxylation is 2. The van der Waals surface area contributed by atoms with Crippen LogP contribution in [0.5, 0.6) is 5.75 Å². The minimum absolute atomic E-state index is 0.150. The van der Waals surface area contributed by atoms with Gasteiger partial charge in [0.05, 0.1) is 5.69 Å². The maximum Gasteiger partial charge on any atom is 0.573 e. The molecule has 2 amide bonds. The van der Waals surface area contributed by atoms with Gasteiger partial charge in [0.1, 0.15) is 11.6 Å². The van der Waals surface area contributed by atoms with Crippen molar-refractivity contribution < 1.29 is 22.7 Å². The van der Waals surface area contributed by atoms with E-state index >= 15 is 0 Å². The number of carbonyl (C=O) groups excluding carboxylic acids is 1. The van der Waals surface area contributed by atoms with Crippen LogP contribution in [-0.4, -0.2) is 40.4 Å². The molecule has 1 N–H and O–H groups in total. The Morgan fingerprint density at radius 3 is 2.72 bits per heavy atom. The number of anilines is 1. The maximum atomic E-state index is 12.8. The van der Waals surface area contributed by atoms with Gasteiger partial charge in [0, 0.05) is 30.4 Å². The van der Waals surface area contributed by atoms with Crippen LogP contribution in [0.1, 0.15) is 36.3 Å². The number of urea groups is 1. The number of nitrogens with one attached hydrogen (secondary N) is 1. The summed E-state index contributed by atoms with van der Waals surface area (Å²) in [5, 5.41) is 2.76. The van der Waals surface area contributed by atoms with E-state index in [2.05, 4.69) is 20.0 Å². The van der Waals surface area contributed by atoms with Crippen molar-refractivity contribution in [2.75, 3.05) is 18.4 Å². The summed E-state index contributed by atoms with van der Waals surface area (Å²) in [5.41, 5.74) is 2.46. The molecule has 0 radical (unpaired) electrons. The average Bonchev–Trinajstić information content (AvgIpc) is 2.99. The second-order valence-corrected chi connectivity index (χ2v) is 7.60. The van der Waals surface area contributed by atoms with Crippen LogP contribution < -0.4 is 10.1 Å². The zero-order valence-corrected chi connectivity index (χ0v) is 15.9. The topological polar surface area (TPSA) is 67.4 Å². The Labute approximate surface area is 166 Å². The number of hydrogen-bond donors (Lipinski definition) is 1. The third kappa shape index (κ3) is 4.13. The first kappa shape index (κ1) is 19.5. The summed E-state index contributed by atoms with van der Waals surface area (Å²) >= 11 is 0. The largest absolute Gasteiger partial charge is 0.573 e. The first-order chi connectivity index (χ1) is 13.7. The molecule has 2 aliphatic rings. The molecule has 1 aromatic carbocycles. The summed E-state index contributed by atoms with van der Waals surface area (Å²) in [4.78, 5) is 23.5. The molecule has 1 spiro atoms. The number of piperidine rings is 1. The highest BCUT2D eigenvalue weighted by atomic mass is 19.4. The normalized spacial score (nSPS) is 21.2. The lowest BCUT2D eigenvalue weighted by Gasteiger charge is -2.40. The number of amides is 2. The number of carbonyl (C=O) groups is 1. The molecule has 29 heavy (non-hydrogen) atoms. The highest BCUT2D eigenvalue weighted by Crippen LogP contribution is 2.43. The molecule has 0 bridgehead atoms. The molecule has 2 aromatic rings. The molecule has 1 atom stereocenters. The zero-order chi connectivity index (χ0) is 20.6. The summed E-state index contributed by atoms with van der Waals surface area (Å²) in [7, 11) is 0. The number of rotatable bonds is 2. The number of benzene rings is 1. The van der Waals surface area contributed by atoms with Gasteiger partial charge in [-0.05, 0) is 62.4 Å². The van der Waals surface area contributed by atoms with E-state index < -0.39 is 6.36 Å². The molecule has 9 heteroatoms. The highest BCUT2D eigenvalue weighted by Gasteiger charge is 2.44. The number of ether oxygens (including phenoxy) is 1. The van der Waals surface area contributed by atoms with E-state index in [9.17, 15) is 18.0 Å². The van der Waals surface area contributed by atoms with Crippen LogP contribution in [0.3, 0.4) is 0 Å². The molecule has 1 aromatic heterocycles. The standard InChI is InChI=1S/C20H21F3N4O2/c1-13-24-11-14-7-9-19(17(14)25-13)8-2-10-27(12-19)18(28)26-15-3-5-16(6-4-15)29-20(21,22)23/h3-6,11H,2,7-10,12H2,1H3,(H,26,28). The van der Waals surface area contributed by atoms with Gasteiger partial charge >= 0.3 is 12.4 Å². The van der Waals surface area contributed by atoms with Crippen LogP contribution in [-0.2, 0) is 11.8 Å². The van der Waals surface area contributed by atoms with Crippen LogP contribution in [0.2, 0.25) is 0 Å². The zero-order valence-electron chi connectivity index (χ0n) is 15.9. The van der Waals surface area contributed by atoms with Crippen LogP contribution in [0, 0.1) is 6.92 Å². The Kier molecular flexibility index (Phi) is 4.84. The molecule has 154 valence electrons. The molecule has 1 unspecified atom stereocenters. The van der Waals surface area contributed by atoms with E-state index in [0.29, 0.717) is 18.8 Å². The van der Waals surface area contributed by atoms with Crippen LogP contribution >= 0.6 is 0 Å². The Balaban J connectivity index is 1.45. The van der Waals surface area contributed by atoms with E-state index in [1.807, 2.05) is 13.1 Å². The van der Waals surface area contributed by atoms with Gasteiger partial charge in [0.15, 0.2) is 0 Å². The minimum Gasteiger partial charge on any atom is -0.406 e. The maximum absolute atomic E-state index is 12.8. The summed E-state index contributed by atoms with van der Waals surface area (Å²) in [6, 6.07) is 4.86. The minimum atomic E-state index is -4.74. The fourth-order valence-electron chi connectivity index (χ4n) is 4.27. The van der Waals surface area contributed by atoms with Gasteiger partial charge in [0.2, 0.25) is 0 Å². The van der Waals surface area contributed by atoms with Gasteiger partial charge in [-0.2, -0.15) is 0 Å². The Bertz CT molecular complexity index is 913. The van der Waals surface area contributed by atoms with Crippen molar-refractivity contribution in [1.82, 2.24) is 14.9 Å². The van der Waals surface area contributed by atoms with Crippen molar-refractivity contribution in [3.05, 3.63) is 47.5 Å². The van der Waals surface area contributed by atoms with Crippen molar-refractivity contribution in [2.24, 2.45) is 0 Å². The van der Waals surface area contributed by atoms with E-state index in [1.54, 1.807) is 4.90 Å². The number of halogens is 3. The number of likely N-dealkylation sites (tertiary alicyclic amines) is 1. The molecule has 1 aliphatic carbocycles. The number of alkyl halides is 3. The molecule has 4 rings (SSSR count). The smallest absolute Gasteiger partial charge is 0.406 e. The summed E-state index contributed by atoms with van der Waals surface area (Å²) in [6.45, 7) is 3.06. The van der Waals surface area contributed by atoms with Crippen molar-refractivity contribution in [3.8, 4) is 5.75 Å². The molecule has 0 saturated carbocycles. The predicted molar refractivity (Wildman–Crippen MR) is 99.7 cm³/mol. The van der Waals surface area contributed by atoms with Crippen molar-refractivity contribution >= 4 is 11.7 Å². The van der Waals surface area contributed by atoms with Gasteiger partial charge in [0.25, 0.3) is 0 Å². The lowest BCUT2D eigenvalue weighted by molar-refractivity contribution is -0.274. The molecule has 1 saturated heterocycles. The van der Waals surface area contributed by atoms with Crippen molar-refractivity contribution in [2.45, 2.75) is 44.4 Å². The van der Waals surface area contributed by atoms with Crippen LogP contribution in [0.25, 0.3) is 0 Å². The van der Waals surface area contributed by atoms with Crippen molar-refractivity contribution in [3.63, 3.8) is 0 Å². The van der Waals surface area contributed by atoms with E-state index in [1.165, 1.54) is 24.3 Å². The molecular weight excluding hydrogens is 385 g/mol. The van der Waals surface area contributed by atoms with E-state index in [0.717, 1.165) is 42.8 Å². The van der Waals surface area contributed by atoms with Gasteiger partial charge in [-0.15, -0.1) is 13.2 Å². The Morgan fingerprint density at radius 2 is 2.00 bits per heavy atom. The molecule has 1 aliphatic heterocycles. The first-order valence-electron chi connectivity index (χ1n) is 9.49. The SMILES string of the molecule is Cc1ncc2c(n1)C1(CCCN(C(=O)Nc3ccc(OC(F)(F)F)cc3)C1)CC2. The summed E-state index contributed by atoms with van der Waals surface area (Å²) in [5.74, 6) is 0.401. The van der Waals surface area contributed by atoms with Gasteiger partial charge in [-0.25, -0.2) is 14.8 Å². The highest BCUT2D eigenvalue weighted by molar-refractivity contribution is 5.89. The number of hydrogen-bond acceptors (Lipinski definition) is 4. The van der Waals surface area contributed by atoms with Crippen molar-refractivity contribution in [1.29, 1.82) is 0 Å². The molecular formula is C20H21F3N4O2. The van der Waals surface area contributed by atoms with Crippen LogP contribution in [0.15, 0.2) is 30.5 Å². The molecule has 1 fully saturated rings. The number of aromatic nitrogens is 2. The second-order valence-electron chi connectivity index (χ2n) is 7.60. The summed E-state index contributed by atoms with van der Waals surface area (Å²) < 4.78 is 40.6. The second kappa shape index (κ2) is 7.20. The fourth-order valence-corrected chi connectivity index (χ4v) is 4.27. The monoisotopic (exact) mass is 406 g/mol. The van der Waals surface area contributed by atoms with Gasteiger partial charge in [-0.1, -0.05) is 0 Å². The fraction of sp³-hybridized carbons (Fsp3) is 0.450. The van der Waals surface area contributed by atoms with Crippen LogP contribution in [0.4, 0.5) is 23.7 Å². The quantitative estimate of drug-likeness (QED) is 0.812. The summed E-state index contributed by atoms with van der Waals surface area (Å²) in [6.07, 6.45) is 0.833. The number of nitrogens with zero attached hydrogens (tertiary/aromatic N) is 3.